The summed E-state index contributed by atoms with van der Waals surface area (Å²) in [6.07, 6.45) is 0. The van der Waals surface area contributed by atoms with Crippen molar-refractivity contribution in [1.29, 1.82) is 0 Å². The van der Waals surface area contributed by atoms with E-state index in [1.807, 2.05) is 0 Å². The van der Waals surface area contributed by atoms with Gasteiger partial charge in [0.1, 0.15) is 4.90 Å². The average molecular weight is 498 g/mol. The third kappa shape index (κ3) is 4.22. The molecule has 0 aliphatic carbocycles. The minimum absolute atomic E-state index is 0.110. The average Bonchev–Trinajstić information content (AvgIpc) is 3.12. The zero-order valence-corrected chi connectivity index (χ0v) is 18.2. The molecule has 1 aliphatic rings. The van der Waals surface area contributed by atoms with Crippen LogP contribution in [-0.4, -0.2) is 50.8 Å². The molecular weight excluding hydrogens is 482 g/mol. The van der Waals surface area contributed by atoms with Crippen LogP contribution in [0, 0.1) is 0 Å². The van der Waals surface area contributed by atoms with E-state index in [4.69, 9.17) is 9.84 Å². The Bertz CT molecular complexity index is 1190. The lowest BCUT2D eigenvalue weighted by molar-refractivity contribution is 0.0696. The lowest BCUT2D eigenvalue weighted by Crippen LogP contribution is -2.36. The highest BCUT2D eigenvalue weighted by molar-refractivity contribution is 9.10. The molecule has 3 aromatic rings. The number of ether oxygens (including phenoxy) is 1. The number of aromatic carboxylic acids is 1. The molecular formula is C18H16BrN3O5S2. The summed E-state index contributed by atoms with van der Waals surface area (Å²) in [6.45, 7) is 2.86. The first-order valence-corrected chi connectivity index (χ1v) is 11.7. The molecule has 29 heavy (non-hydrogen) atoms. The maximum Gasteiger partial charge on any atom is 0.335 e. The fourth-order valence-electron chi connectivity index (χ4n) is 2.92. The fraction of sp³-hybridized carbons (Fsp3) is 0.222. The number of carbonyl (C=O) groups is 1. The molecule has 0 unspecified atom stereocenters. The molecule has 11 heteroatoms. The standard InChI is InChI=1S/C18H16BrN3O5S2/c19-13-3-1-11(17(23)24)9-16(13)29(25,26)21-12-2-4-14-15(10-12)28-18(20-14)22-5-7-27-8-6-22/h1-4,9-10,21H,5-8H2,(H,23,24). The van der Waals surface area contributed by atoms with Gasteiger partial charge in [-0.25, -0.2) is 18.2 Å². The summed E-state index contributed by atoms with van der Waals surface area (Å²) in [6, 6.07) is 8.98. The van der Waals surface area contributed by atoms with Gasteiger partial charge in [0.15, 0.2) is 5.13 Å². The van der Waals surface area contributed by atoms with Crippen molar-refractivity contribution in [2.45, 2.75) is 4.90 Å². The van der Waals surface area contributed by atoms with Crippen LogP contribution >= 0.6 is 27.3 Å². The lowest BCUT2D eigenvalue weighted by atomic mass is 10.2. The summed E-state index contributed by atoms with van der Waals surface area (Å²) in [5, 5.41) is 10.0. The molecule has 8 nitrogen and oxygen atoms in total. The second-order valence-corrected chi connectivity index (χ2v) is 9.85. The summed E-state index contributed by atoms with van der Waals surface area (Å²) in [5.74, 6) is -1.20. The molecule has 1 aliphatic heterocycles. The van der Waals surface area contributed by atoms with Crippen molar-refractivity contribution in [3.63, 3.8) is 0 Å². The Kier molecular flexibility index (Phi) is 5.47. The maximum absolute atomic E-state index is 12.8. The summed E-state index contributed by atoms with van der Waals surface area (Å²) in [5.41, 5.74) is 1.05. The number of carboxylic acid groups (broad SMARTS) is 1. The molecule has 0 spiro atoms. The highest BCUT2D eigenvalue weighted by atomic mass is 79.9. The number of carboxylic acids is 1. The van der Waals surface area contributed by atoms with Gasteiger partial charge in [0, 0.05) is 17.6 Å². The quantitative estimate of drug-likeness (QED) is 0.555. The van der Waals surface area contributed by atoms with E-state index < -0.39 is 16.0 Å². The third-order valence-corrected chi connectivity index (χ3v) is 7.83. The Morgan fingerprint density at radius 1 is 1.21 bits per heavy atom. The van der Waals surface area contributed by atoms with Crippen molar-refractivity contribution < 1.29 is 23.1 Å². The summed E-state index contributed by atoms with van der Waals surface area (Å²) >= 11 is 4.67. The van der Waals surface area contributed by atoms with Crippen LogP contribution in [0.3, 0.4) is 0 Å². The van der Waals surface area contributed by atoms with Gasteiger partial charge in [-0.1, -0.05) is 11.3 Å². The van der Waals surface area contributed by atoms with Gasteiger partial charge in [-0.05, 0) is 52.3 Å². The number of rotatable bonds is 5. The smallest absolute Gasteiger partial charge is 0.335 e. The summed E-state index contributed by atoms with van der Waals surface area (Å²) < 4.78 is 34.6. The third-order valence-electron chi connectivity index (χ3n) is 4.38. The summed E-state index contributed by atoms with van der Waals surface area (Å²) in [4.78, 5) is 17.8. The molecule has 2 aromatic carbocycles. The molecule has 2 N–H and O–H groups in total. The van der Waals surface area contributed by atoms with Crippen molar-refractivity contribution in [2.75, 3.05) is 35.9 Å². The van der Waals surface area contributed by atoms with Gasteiger partial charge in [-0.15, -0.1) is 0 Å². The molecule has 0 radical (unpaired) electrons. The van der Waals surface area contributed by atoms with E-state index in [1.54, 1.807) is 18.2 Å². The van der Waals surface area contributed by atoms with Gasteiger partial charge in [-0.2, -0.15) is 0 Å². The number of nitrogens with zero attached hydrogens (tertiary/aromatic N) is 2. The largest absolute Gasteiger partial charge is 0.478 e. The SMILES string of the molecule is O=C(O)c1ccc(Br)c(S(=O)(=O)Nc2ccc3nc(N4CCOCC4)sc3c2)c1. The van der Waals surface area contributed by atoms with Gasteiger partial charge in [0.2, 0.25) is 0 Å². The summed E-state index contributed by atoms with van der Waals surface area (Å²) in [7, 11) is -3.99. The number of benzene rings is 2. The fourth-order valence-corrected chi connectivity index (χ4v) is 6.01. The Morgan fingerprint density at radius 2 is 1.97 bits per heavy atom. The normalized spacial score (nSPS) is 14.9. The predicted octanol–water partition coefficient (Wildman–Crippen LogP) is 3.39. The lowest BCUT2D eigenvalue weighted by Gasteiger charge is -2.25. The van der Waals surface area contributed by atoms with Gasteiger partial charge in [0.05, 0.1) is 34.7 Å². The molecule has 1 fully saturated rings. The molecule has 4 rings (SSSR count). The Balaban J connectivity index is 1.63. The van der Waals surface area contributed by atoms with E-state index in [-0.39, 0.29) is 14.9 Å². The predicted molar refractivity (Wildman–Crippen MR) is 115 cm³/mol. The van der Waals surface area contributed by atoms with E-state index in [0.717, 1.165) is 34.5 Å². The van der Waals surface area contributed by atoms with E-state index in [0.29, 0.717) is 18.9 Å². The van der Waals surface area contributed by atoms with Crippen LogP contribution in [0.4, 0.5) is 10.8 Å². The first-order valence-electron chi connectivity index (χ1n) is 8.62. The van der Waals surface area contributed by atoms with Crippen molar-refractivity contribution in [2.24, 2.45) is 0 Å². The molecule has 0 bridgehead atoms. The molecule has 1 saturated heterocycles. The van der Waals surface area contributed by atoms with E-state index in [1.165, 1.54) is 23.5 Å². The number of aromatic nitrogens is 1. The van der Waals surface area contributed by atoms with Crippen LogP contribution < -0.4 is 9.62 Å². The number of halogens is 1. The van der Waals surface area contributed by atoms with Gasteiger partial charge < -0.3 is 14.7 Å². The second kappa shape index (κ2) is 7.90. The van der Waals surface area contributed by atoms with E-state index in [9.17, 15) is 13.2 Å². The maximum atomic E-state index is 12.8. The number of sulfonamides is 1. The van der Waals surface area contributed by atoms with Gasteiger partial charge in [-0.3, -0.25) is 4.72 Å². The minimum Gasteiger partial charge on any atom is -0.478 e. The highest BCUT2D eigenvalue weighted by Crippen LogP contribution is 2.32. The topological polar surface area (TPSA) is 109 Å². The van der Waals surface area contributed by atoms with Crippen molar-refractivity contribution in [1.82, 2.24) is 4.98 Å². The second-order valence-electron chi connectivity index (χ2n) is 6.33. The Morgan fingerprint density at radius 3 is 2.69 bits per heavy atom. The number of morpholine rings is 1. The van der Waals surface area contributed by atoms with Gasteiger partial charge in [0.25, 0.3) is 10.0 Å². The van der Waals surface area contributed by atoms with Crippen LogP contribution in [0.5, 0.6) is 0 Å². The van der Waals surface area contributed by atoms with Crippen LogP contribution in [-0.2, 0) is 14.8 Å². The Hall–Kier alpha value is -2.21. The van der Waals surface area contributed by atoms with Crippen molar-refractivity contribution in [3.8, 4) is 0 Å². The zero-order chi connectivity index (χ0) is 20.6. The molecule has 1 aromatic heterocycles. The van der Waals surface area contributed by atoms with E-state index >= 15 is 0 Å². The molecule has 0 amide bonds. The van der Waals surface area contributed by atoms with Crippen LogP contribution in [0.1, 0.15) is 10.4 Å². The van der Waals surface area contributed by atoms with Crippen molar-refractivity contribution in [3.05, 3.63) is 46.4 Å². The first-order chi connectivity index (χ1) is 13.8. The van der Waals surface area contributed by atoms with Gasteiger partial charge >= 0.3 is 5.97 Å². The molecule has 0 atom stereocenters. The number of anilines is 2. The van der Waals surface area contributed by atoms with E-state index in [2.05, 4.69) is 30.5 Å². The number of thiazole rings is 1. The number of nitrogens with one attached hydrogen (secondary N) is 1. The number of hydrogen-bond donors (Lipinski definition) is 2. The molecule has 2 heterocycles. The number of hydrogen-bond acceptors (Lipinski definition) is 7. The molecule has 0 saturated carbocycles. The highest BCUT2D eigenvalue weighted by Gasteiger charge is 2.21. The first kappa shape index (κ1) is 20.1. The number of fused-ring (bicyclic) bond motifs is 1. The van der Waals surface area contributed by atoms with Crippen LogP contribution in [0.2, 0.25) is 0 Å². The van der Waals surface area contributed by atoms with Crippen molar-refractivity contribution >= 4 is 64.3 Å². The zero-order valence-electron chi connectivity index (χ0n) is 15.0. The van der Waals surface area contributed by atoms with Crippen LogP contribution in [0.25, 0.3) is 10.2 Å². The minimum atomic E-state index is -3.99. The Labute approximate surface area is 179 Å². The monoisotopic (exact) mass is 497 g/mol. The van der Waals surface area contributed by atoms with Crippen LogP contribution in [0.15, 0.2) is 45.8 Å². The molecule has 152 valence electrons.